The van der Waals surface area contributed by atoms with Gasteiger partial charge in [0.05, 0.1) is 12.5 Å². The Morgan fingerprint density at radius 2 is 2.33 bits per heavy atom. The number of piperidine rings is 1. The van der Waals surface area contributed by atoms with E-state index in [1.54, 1.807) is 6.07 Å². The molecule has 0 radical (unpaired) electrons. The zero-order valence-electron chi connectivity index (χ0n) is 10.2. The molecule has 2 atom stereocenters. The molecule has 2 unspecified atom stereocenters. The number of hydrogen-bond donors (Lipinski definition) is 2. The van der Waals surface area contributed by atoms with Crippen LogP contribution in [0.1, 0.15) is 12.1 Å². The second kappa shape index (κ2) is 5.32. The number of hydroxylamine groups is 2. The van der Waals surface area contributed by atoms with Gasteiger partial charge in [0.2, 0.25) is 11.8 Å². The van der Waals surface area contributed by atoms with E-state index in [1.807, 2.05) is 19.1 Å². The van der Waals surface area contributed by atoms with E-state index in [1.165, 1.54) is 0 Å². The summed E-state index contributed by atoms with van der Waals surface area (Å²) in [6.45, 7) is 2.48. The average molecular weight is 251 g/mol. The van der Waals surface area contributed by atoms with Crippen LogP contribution in [0.4, 0.5) is 0 Å². The van der Waals surface area contributed by atoms with Crippen molar-refractivity contribution in [2.24, 2.45) is 11.7 Å². The number of amides is 1. The van der Waals surface area contributed by atoms with Crippen LogP contribution in [0.5, 0.6) is 5.88 Å². The Kier molecular flexibility index (Phi) is 3.78. The lowest BCUT2D eigenvalue weighted by Crippen LogP contribution is -2.47. The van der Waals surface area contributed by atoms with Gasteiger partial charge in [0.25, 0.3) is 0 Å². The molecule has 98 valence electrons. The van der Waals surface area contributed by atoms with E-state index in [4.69, 9.17) is 10.5 Å². The molecule has 0 saturated carbocycles. The summed E-state index contributed by atoms with van der Waals surface area (Å²) in [6.07, 6.45) is 0.220. The van der Waals surface area contributed by atoms with Crippen LogP contribution in [0.2, 0.25) is 0 Å². The third-order valence-electron chi connectivity index (χ3n) is 2.95. The summed E-state index contributed by atoms with van der Waals surface area (Å²) in [7, 11) is 0. The Hall–Kier alpha value is -1.66. The van der Waals surface area contributed by atoms with Gasteiger partial charge in [-0.1, -0.05) is 6.07 Å². The van der Waals surface area contributed by atoms with E-state index in [-0.39, 0.29) is 12.6 Å². The van der Waals surface area contributed by atoms with Gasteiger partial charge in [0, 0.05) is 18.3 Å². The van der Waals surface area contributed by atoms with E-state index in [2.05, 4.69) is 4.98 Å². The molecule has 3 N–H and O–H groups in total. The Morgan fingerprint density at radius 1 is 1.56 bits per heavy atom. The fraction of sp³-hybridized carbons (Fsp3) is 0.500. The lowest BCUT2D eigenvalue weighted by molar-refractivity contribution is -0.154. The number of aromatic nitrogens is 1. The van der Waals surface area contributed by atoms with E-state index in [9.17, 15) is 10.0 Å². The van der Waals surface area contributed by atoms with E-state index < -0.39 is 11.8 Å². The lowest BCUT2D eigenvalue weighted by Gasteiger charge is -2.32. The third-order valence-corrected chi connectivity index (χ3v) is 2.95. The van der Waals surface area contributed by atoms with Crippen LogP contribution in [0.25, 0.3) is 0 Å². The molecule has 0 spiro atoms. The Bertz CT molecular complexity index is 438. The second-order valence-electron chi connectivity index (χ2n) is 4.56. The molecule has 1 aromatic heterocycles. The molecule has 1 saturated heterocycles. The van der Waals surface area contributed by atoms with Crippen molar-refractivity contribution < 1.29 is 14.7 Å². The van der Waals surface area contributed by atoms with Gasteiger partial charge in [-0.3, -0.25) is 4.79 Å². The summed E-state index contributed by atoms with van der Waals surface area (Å²) in [5, 5.41) is 10.6. The summed E-state index contributed by atoms with van der Waals surface area (Å²) >= 11 is 0. The van der Waals surface area contributed by atoms with Crippen molar-refractivity contribution in [3.05, 3.63) is 23.9 Å². The van der Waals surface area contributed by atoms with Crippen LogP contribution in [0.3, 0.4) is 0 Å². The predicted octanol–water partition coefficient (Wildman–Crippen LogP) is 0.334. The minimum atomic E-state index is -0.417. The highest BCUT2D eigenvalue weighted by atomic mass is 16.5. The number of aryl methyl sites for hydroxylation is 1. The normalized spacial score (nSPS) is 24.8. The summed E-state index contributed by atoms with van der Waals surface area (Å²) in [5.41, 5.74) is 6.12. The molecule has 18 heavy (non-hydrogen) atoms. The molecule has 6 heteroatoms. The minimum Gasteiger partial charge on any atom is -0.473 e. The van der Waals surface area contributed by atoms with Crippen LogP contribution in [0.15, 0.2) is 18.2 Å². The second-order valence-corrected chi connectivity index (χ2v) is 4.56. The molecule has 0 bridgehead atoms. The first-order chi connectivity index (χ1) is 8.54. The molecule has 1 fully saturated rings. The van der Waals surface area contributed by atoms with Gasteiger partial charge in [-0.15, -0.1) is 0 Å². The number of pyridine rings is 1. The fourth-order valence-corrected chi connectivity index (χ4v) is 2.08. The molecular formula is C12H17N3O3. The largest absolute Gasteiger partial charge is 0.473 e. The molecule has 1 aliphatic heterocycles. The highest BCUT2D eigenvalue weighted by Gasteiger charge is 2.31. The predicted molar refractivity (Wildman–Crippen MR) is 64.1 cm³/mol. The van der Waals surface area contributed by atoms with Gasteiger partial charge in [-0.25, -0.2) is 4.98 Å². The lowest BCUT2D eigenvalue weighted by atomic mass is 9.96. The van der Waals surface area contributed by atoms with Crippen molar-refractivity contribution in [2.75, 3.05) is 13.1 Å². The summed E-state index contributed by atoms with van der Waals surface area (Å²) < 4.78 is 5.67. The maximum Gasteiger partial charge on any atom is 0.222 e. The SMILES string of the molecule is Cc1cccc(OC2CC(C(N)=O)CN(O)C2)n1. The first kappa shape index (κ1) is 12.8. The zero-order valence-corrected chi connectivity index (χ0v) is 10.2. The molecule has 1 amide bonds. The number of nitrogens with zero attached hydrogens (tertiary/aromatic N) is 2. The smallest absolute Gasteiger partial charge is 0.222 e. The van der Waals surface area contributed by atoms with Gasteiger partial charge in [-0.05, 0) is 19.4 Å². The molecular weight excluding hydrogens is 234 g/mol. The number of ether oxygens (including phenoxy) is 1. The standard InChI is InChI=1S/C12H17N3O3/c1-8-3-2-4-11(14-8)18-10-5-9(12(13)16)6-15(17)7-10/h2-4,9-10,17H,5-7H2,1H3,(H2,13,16). The van der Waals surface area contributed by atoms with Crippen LogP contribution >= 0.6 is 0 Å². The Labute approximate surface area is 105 Å². The maximum atomic E-state index is 11.2. The maximum absolute atomic E-state index is 11.2. The number of rotatable bonds is 3. The number of carbonyl (C=O) groups is 1. The molecule has 1 aliphatic rings. The van der Waals surface area contributed by atoms with Crippen molar-refractivity contribution in [3.63, 3.8) is 0 Å². The number of hydrogen-bond acceptors (Lipinski definition) is 5. The van der Waals surface area contributed by atoms with Crippen molar-refractivity contribution >= 4 is 5.91 Å². The first-order valence-electron chi connectivity index (χ1n) is 5.88. The van der Waals surface area contributed by atoms with E-state index >= 15 is 0 Å². The van der Waals surface area contributed by atoms with Crippen LogP contribution in [-0.2, 0) is 4.79 Å². The monoisotopic (exact) mass is 251 g/mol. The van der Waals surface area contributed by atoms with E-state index in [0.717, 1.165) is 10.8 Å². The van der Waals surface area contributed by atoms with Gasteiger partial charge < -0.3 is 15.7 Å². The molecule has 0 aromatic carbocycles. The molecule has 2 heterocycles. The Morgan fingerprint density at radius 3 is 3.00 bits per heavy atom. The molecule has 2 rings (SSSR count). The fourth-order valence-electron chi connectivity index (χ4n) is 2.08. The number of carbonyl (C=O) groups excluding carboxylic acids is 1. The summed E-state index contributed by atoms with van der Waals surface area (Å²) in [6, 6.07) is 5.48. The van der Waals surface area contributed by atoms with Crippen molar-refractivity contribution in [1.29, 1.82) is 0 Å². The summed E-state index contributed by atoms with van der Waals surface area (Å²) in [5.74, 6) is -0.309. The highest BCUT2D eigenvalue weighted by Crippen LogP contribution is 2.20. The van der Waals surface area contributed by atoms with Crippen molar-refractivity contribution in [3.8, 4) is 5.88 Å². The van der Waals surface area contributed by atoms with Crippen LogP contribution in [0, 0.1) is 12.8 Å². The first-order valence-corrected chi connectivity index (χ1v) is 5.88. The zero-order chi connectivity index (χ0) is 13.1. The van der Waals surface area contributed by atoms with Crippen molar-refractivity contribution in [1.82, 2.24) is 10.0 Å². The van der Waals surface area contributed by atoms with Crippen LogP contribution in [-0.4, -0.2) is 40.4 Å². The summed E-state index contributed by atoms with van der Waals surface area (Å²) in [4.78, 5) is 15.4. The van der Waals surface area contributed by atoms with Gasteiger partial charge in [0.1, 0.15) is 6.10 Å². The van der Waals surface area contributed by atoms with Gasteiger partial charge in [-0.2, -0.15) is 5.06 Å². The number of primary amides is 1. The molecule has 6 nitrogen and oxygen atoms in total. The Balaban J connectivity index is 2.02. The quantitative estimate of drug-likeness (QED) is 0.808. The van der Waals surface area contributed by atoms with Gasteiger partial charge in [0.15, 0.2) is 0 Å². The van der Waals surface area contributed by atoms with Crippen LogP contribution < -0.4 is 10.5 Å². The van der Waals surface area contributed by atoms with E-state index in [0.29, 0.717) is 18.8 Å². The highest BCUT2D eigenvalue weighted by molar-refractivity contribution is 5.77. The average Bonchev–Trinajstić information content (AvgIpc) is 2.28. The number of nitrogens with two attached hydrogens (primary N) is 1. The molecule has 1 aromatic rings. The minimum absolute atomic E-state index is 0.260. The molecule has 0 aliphatic carbocycles. The van der Waals surface area contributed by atoms with Gasteiger partial charge >= 0.3 is 0 Å². The van der Waals surface area contributed by atoms with Crippen molar-refractivity contribution in [2.45, 2.75) is 19.4 Å². The third kappa shape index (κ3) is 3.18. The topological polar surface area (TPSA) is 88.7 Å².